The highest BCUT2D eigenvalue weighted by Crippen LogP contribution is 2.30. The van der Waals surface area contributed by atoms with Crippen molar-refractivity contribution in [2.45, 2.75) is 31.3 Å². The number of nitrogens with one attached hydrogen (secondary N) is 1. The third kappa shape index (κ3) is 2.14. The third-order valence-electron chi connectivity index (χ3n) is 3.88. The Hall–Kier alpha value is -0.800. The second-order valence-corrected chi connectivity index (χ2v) is 5.32. The fourth-order valence-electron chi connectivity index (χ4n) is 3.05. The lowest BCUT2D eigenvalue weighted by atomic mass is 10.1. The van der Waals surface area contributed by atoms with E-state index in [4.69, 9.17) is 11.6 Å². The topological polar surface area (TPSA) is 15.3 Å². The summed E-state index contributed by atoms with van der Waals surface area (Å²) < 4.78 is 13.3. The zero-order valence-corrected chi connectivity index (χ0v) is 10.4. The molecule has 0 saturated carbocycles. The van der Waals surface area contributed by atoms with E-state index < -0.39 is 0 Å². The van der Waals surface area contributed by atoms with Gasteiger partial charge in [-0.05, 0) is 44.0 Å². The summed E-state index contributed by atoms with van der Waals surface area (Å²) >= 11 is 5.68. The van der Waals surface area contributed by atoms with Crippen LogP contribution in [0.2, 0.25) is 5.02 Å². The van der Waals surface area contributed by atoms with E-state index in [1.807, 2.05) is 6.07 Å². The van der Waals surface area contributed by atoms with Gasteiger partial charge >= 0.3 is 0 Å². The number of nitrogens with zero attached hydrogens (tertiary/aromatic N) is 1. The summed E-state index contributed by atoms with van der Waals surface area (Å²) in [5.41, 5.74) is 0.839. The number of fused-ring (bicyclic) bond motifs is 1. The van der Waals surface area contributed by atoms with Gasteiger partial charge in [-0.2, -0.15) is 0 Å². The Morgan fingerprint density at radius 3 is 3.00 bits per heavy atom. The molecule has 4 heteroatoms. The van der Waals surface area contributed by atoms with E-state index >= 15 is 0 Å². The largest absolute Gasteiger partial charge is 0.381 e. The molecule has 0 amide bonds. The van der Waals surface area contributed by atoms with Crippen molar-refractivity contribution < 1.29 is 4.39 Å². The quantitative estimate of drug-likeness (QED) is 0.872. The number of rotatable bonds is 2. The molecule has 92 valence electrons. The van der Waals surface area contributed by atoms with E-state index in [1.165, 1.54) is 32.0 Å². The first-order valence-electron chi connectivity index (χ1n) is 6.20. The fourth-order valence-corrected chi connectivity index (χ4v) is 3.17. The Morgan fingerprint density at radius 1 is 1.29 bits per heavy atom. The SMILES string of the molecule is Fc1cc(NC2CCN3CCCC23)ccc1Cl. The number of anilines is 1. The van der Waals surface area contributed by atoms with Gasteiger partial charge in [0.05, 0.1) is 5.02 Å². The molecule has 2 unspecified atom stereocenters. The molecule has 0 aromatic heterocycles. The monoisotopic (exact) mass is 254 g/mol. The Bertz CT molecular complexity index is 424. The highest BCUT2D eigenvalue weighted by Gasteiger charge is 2.36. The molecular formula is C13H16ClFN2. The van der Waals surface area contributed by atoms with Gasteiger partial charge < -0.3 is 5.32 Å². The maximum absolute atomic E-state index is 13.3. The van der Waals surface area contributed by atoms with Crippen molar-refractivity contribution in [3.8, 4) is 0 Å². The van der Waals surface area contributed by atoms with Crippen LogP contribution in [0.15, 0.2) is 18.2 Å². The van der Waals surface area contributed by atoms with Crippen molar-refractivity contribution >= 4 is 17.3 Å². The molecule has 2 fully saturated rings. The zero-order valence-electron chi connectivity index (χ0n) is 9.63. The highest BCUT2D eigenvalue weighted by atomic mass is 35.5. The summed E-state index contributed by atoms with van der Waals surface area (Å²) in [6.07, 6.45) is 3.69. The van der Waals surface area contributed by atoms with E-state index in [0.717, 1.165) is 12.1 Å². The van der Waals surface area contributed by atoms with Gasteiger partial charge in [0, 0.05) is 24.3 Å². The number of halogens is 2. The molecule has 1 N–H and O–H groups in total. The number of hydrogen-bond acceptors (Lipinski definition) is 2. The summed E-state index contributed by atoms with van der Waals surface area (Å²) in [5.74, 6) is -0.349. The highest BCUT2D eigenvalue weighted by molar-refractivity contribution is 6.30. The molecule has 2 nitrogen and oxygen atoms in total. The second kappa shape index (κ2) is 4.46. The lowest BCUT2D eigenvalue weighted by molar-refractivity contribution is 0.318. The standard InChI is InChI=1S/C13H16ClFN2/c14-10-4-3-9(8-11(10)15)16-12-5-7-17-6-1-2-13(12)17/h3-4,8,12-13,16H,1-2,5-7H2. The number of hydrogen-bond donors (Lipinski definition) is 1. The molecule has 2 saturated heterocycles. The van der Waals surface area contributed by atoms with Crippen molar-refractivity contribution in [3.63, 3.8) is 0 Å². The van der Waals surface area contributed by atoms with Crippen LogP contribution in [0.4, 0.5) is 10.1 Å². The average Bonchev–Trinajstić information content (AvgIpc) is 2.88. The van der Waals surface area contributed by atoms with Crippen molar-refractivity contribution in [1.29, 1.82) is 0 Å². The van der Waals surface area contributed by atoms with Gasteiger partial charge in [-0.25, -0.2) is 4.39 Å². The first-order chi connectivity index (χ1) is 8.24. The molecule has 2 aliphatic rings. The first-order valence-corrected chi connectivity index (χ1v) is 6.57. The minimum Gasteiger partial charge on any atom is -0.381 e. The zero-order chi connectivity index (χ0) is 11.8. The van der Waals surface area contributed by atoms with Crippen LogP contribution >= 0.6 is 11.6 Å². The fraction of sp³-hybridized carbons (Fsp3) is 0.538. The smallest absolute Gasteiger partial charge is 0.143 e. The van der Waals surface area contributed by atoms with Crippen LogP contribution < -0.4 is 5.32 Å². The summed E-state index contributed by atoms with van der Waals surface area (Å²) in [6, 6.07) is 6.04. The van der Waals surface area contributed by atoms with Crippen LogP contribution in [-0.4, -0.2) is 30.1 Å². The van der Waals surface area contributed by atoms with Gasteiger partial charge in [-0.15, -0.1) is 0 Å². The minimum atomic E-state index is -0.349. The van der Waals surface area contributed by atoms with Crippen LogP contribution in [0, 0.1) is 5.82 Å². The lowest BCUT2D eigenvalue weighted by Crippen LogP contribution is -2.33. The van der Waals surface area contributed by atoms with Crippen molar-refractivity contribution in [2.24, 2.45) is 0 Å². The van der Waals surface area contributed by atoms with Crippen LogP contribution in [0.3, 0.4) is 0 Å². The van der Waals surface area contributed by atoms with Crippen LogP contribution in [0.5, 0.6) is 0 Å². The van der Waals surface area contributed by atoms with Crippen molar-refractivity contribution in [1.82, 2.24) is 4.90 Å². The maximum Gasteiger partial charge on any atom is 0.143 e. The van der Waals surface area contributed by atoms with Gasteiger partial charge in [-0.3, -0.25) is 4.90 Å². The van der Waals surface area contributed by atoms with E-state index in [0.29, 0.717) is 12.1 Å². The van der Waals surface area contributed by atoms with E-state index in [9.17, 15) is 4.39 Å². The molecule has 3 rings (SSSR count). The molecule has 2 atom stereocenters. The van der Waals surface area contributed by atoms with Crippen LogP contribution in [0.25, 0.3) is 0 Å². The third-order valence-corrected chi connectivity index (χ3v) is 4.18. The normalized spacial score (nSPS) is 28.4. The maximum atomic E-state index is 13.3. The molecule has 0 aliphatic carbocycles. The van der Waals surface area contributed by atoms with Crippen LogP contribution in [0.1, 0.15) is 19.3 Å². The predicted molar refractivity (Wildman–Crippen MR) is 68.0 cm³/mol. The number of benzene rings is 1. The summed E-state index contributed by atoms with van der Waals surface area (Å²) in [6.45, 7) is 2.39. The molecule has 1 aromatic rings. The van der Waals surface area contributed by atoms with Crippen LogP contribution in [-0.2, 0) is 0 Å². The first kappa shape index (κ1) is 11.3. The van der Waals surface area contributed by atoms with E-state index in [-0.39, 0.29) is 10.8 Å². The average molecular weight is 255 g/mol. The summed E-state index contributed by atoms with van der Waals surface area (Å²) in [4.78, 5) is 2.53. The Morgan fingerprint density at radius 2 is 2.18 bits per heavy atom. The second-order valence-electron chi connectivity index (χ2n) is 4.91. The van der Waals surface area contributed by atoms with Gasteiger partial charge in [-0.1, -0.05) is 11.6 Å². The van der Waals surface area contributed by atoms with Gasteiger partial charge in [0.15, 0.2) is 0 Å². The molecule has 2 heterocycles. The predicted octanol–water partition coefficient (Wildman–Crippen LogP) is 3.13. The summed E-state index contributed by atoms with van der Waals surface area (Å²) in [7, 11) is 0. The van der Waals surface area contributed by atoms with Crippen molar-refractivity contribution in [2.75, 3.05) is 18.4 Å². The summed E-state index contributed by atoms with van der Waals surface area (Å²) in [5, 5.41) is 3.62. The lowest BCUT2D eigenvalue weighted by Gasteiger charge is -2.22. The molecular weight excluding hydrogens is 239 g/mol. The van der Waals surface area contributed by atoms with Crippen molar-refractivity contribution in [3.05, 3.63) is 29.0 Å². The molecule has 2 aliphatic heterocycles. The molecule has 0 bridgehead atoms. The Labute approximate surface area is 106 Å². The Balaban J connectivity index is 1.72. The minimum absolute atomic E-state index is 0.185. The van der Waals surface area contributed by atoms with E-state index in [1.54, 1.807) is 6.07 Å². The van der Waals surface area contributed by atoms with Gasteiger partial charge in [0.1, 0.15) is 5.82 Å². The molecule has 0 radical (unpaired) electrons. The van der Waals surface area contributed by atoms with Gasteiger partial charge in [0.2, 0.25) is 0 Å². The van der Waals surface area contributed by atoms with E-state index in [2.05, 4.69) is 10.2 Å². The van der Waals surface area contributed by atoms with Gasteiger partial charge in [0.25, 0.3) is 0 Å². The molecule has 0 spiro atoms. The molecule has 17 heavy (non-hydrogen) atoms. The Kier molecular flexibility index (Phi) is 2.97. The molecule has 1 aromatic carbocycles.